The minimum absolute atomic E-state index is 0.0440. The largest absolute Gasteiger partial charge is 0.469 e. The van der Waals surface area contributed by atoms with Crippen LogP contribution in [0.25, 0.3) is 0 Å². The van der Waals surface area contributed by atoms with Crippen LogP contribution in [-0.2, 0) is 11.2 Å². The van der Waals surface area contributed by atoms with E-state index >= 15 is 0 Å². The molecule has 1 aromatic rings. The standard InChI is InChI=1S/C15H24N4O2/c1-12(2)10-17-15(18-11-14(20)19(3)4)16-8-7-13-6-5-9-21-13/h5-6,9H,1,7-8,10-11H2,2-4H3,(H2,16,17,18). The van der Waals surface area contributed by atoms with E-state index in [1.165, 1.54) is 4.90 Å². The van der Waals surface area contributed by atoms with Crippen LogP contribution in [0.2, 0.25) is 0 Å². The Morgan fingerprint density at radius 3 is 2.76 bits per heavy atom. The Morgan fingerprint density at radius 1 is 1.43 bits per heavy atom. The maximum atomic E-state index is 11.6. The zero-order chi connectivity index (χ0) is 15.7. The highest BCUT2D eigenvalue weighted by Crippen LogP contribution is 1.99. The summed E-state index contributed by atoms with van der Waals surface area (Å²) in [6.07, 6.45) is 2.40. The summed E-state index contributed by atoms with van der Waals surface area (Å²) in [5.41, 5.74) is 0.995. The van der Waals surface area contributed by atoms with Crippen LogP contribution in [0, 0.1) is 0 Å². The molecule has 0 saturated heterocycles. The van der Waals surface area contributed by atoms with Gasteiger partial charge in [-0.3, -0.25) is 4.79 Å². The van der Waals surface area contributed by atoms with Crippen molar-refractivity contribution in [2.45, 2.75) is 13.3 Å². The Bertz CT molecular complexity index is 478. The third-order valence-corrected chi connectivity index (χ3v) is 2.67. The van der Waals surface area contributed by atoms with Gasteiger partial charge in [-0.1, -0.05) is 12.2 Å². The lowest BCUT2D eigenvalue weighted by Gasteiger charge is -2.13. The molecule has 1 rings (SSSR count). The SMILES string of the molecule is C=C(C)CNC(=NCC(=O)N(C)C)NCCc1ccco1. The van der Waals surface area contributed by atoms with Gasteiger partial charge in [0.1, 0.15) is 12.3 Å². The number of carbonyl (C=O) groups excluding carboxylic acids is 1. The molecular weight excluding hydrogens is 268 g/mol. The van der Waals surface area contributed by atoms with Gasteiger partial charge < -0.3 is 20.0 Å². The summed E-state index contributed by atoms with van der Waals surface area (Å²) < 4.78 is 5.27. The van der Waals surface area contributed by atoms with Gasteiger partial charge in [-0.2, -0.15) is 0 Å². The summed E-state index contributed by atoms with van der Waals surface area (Å²) in [6.45, 7) is 7.16. The normalized spacial score (nSPS) is 11.1. The van der Waals surface area contributed by atoms with Crippen LogP contribution in [-0.4, -0.2) is 50.5 Å². The molecule has 1 aromatic heterocycles. The van der Waals surface area contributed by atoms with Crippen LogP contribution in [0.4, 0.5) is 0 Å². The lowest BCUT2D eigenvalue weighted by atomic mass is 10.3. The van der Waals surface area contributed by atoms with Gasteiger partial charge in [-0.15, -0.1) is 0 Å². The topological polar surface area (TPSA) is 69.9 Å². The highest BCUT2D eigenvalue weighted by molar-refractivity contribution is 5.84. The highest BCUT2D eigenvalue weighted by atomic mass is 16.3. The van der Waals surface area contributed by atoms with E-state index in [2.05, 4.69) is 22.2 Å². The van der Waals surface area contributed by atoms with E-state index in [0.29, 0.717) is 19.0 Å². The van der Waals surface area contributed by atoms with Crippen molar-refractivity contribution in [1.29, 1.82) is 0 Å². The third kappa shape index (κ3) is 7.20. The lowest BCUT2D eigenvalue weighted by Crippen LogP contribution is -2.40. The summed E-state index contributed by atoms with van der Waals surface area (Å²) in [6, 6.07) is 3.79. The second kappa shape index (κ2) is 8.84. The first-order valence-electron chi connectivity index (χ1n) is 6.88. The van der Waals surface area contributed by atoms with E-state index in [1.54, 1.807) is 20.4 Å². The van der Waals surface area contributed by atoms with Crippen LogP contribution in [0.5, 0.6) is 0 Å². The molecule has 0 radical (unpaired) electrons. The predicted octanol–water partition coefficient (Wildman–Crippen LogP) is 1.02. The van der Waals surface area contributed by atoms with Crippen LogP contribution in [0.1, 0.15) is 12.7 Å². The number of likely N-dealkylation sites (N-methyl/N-ethyl adjacent to an activating group) is 1. The molecule has 0 fully saturated rings. The molecule has 0 aliphatic heterocycles. The number of furan rings is 1. The Morgan fingerprint density at radius 2 is 2.19 bits per heavy atom. The van der Waals surface area contributed by atoms with E-state index in [-0.39, 0.29) is 12.5 Å². The maximum Gasteiger partial charge on any atom is 0.243 e. The van der Waals surface area contributed by atoms with Crippen molar-refractivity contribution in [3.8, 4) is 0 Å². The molecule has 1 amide bonds. The number of hydrogen-bond acceptors (Lipinski definition) is 3. The quantitative estimate of drug-likeness (QED) is 0.447. The number of guanidine groups is 1. The lowest BCUT2D eigenvalue weighted by molar-refractivity contribution is -0.127. The van der Waals surface area contributed by atoms with E-state index in [4.69, 9.17) is 4.42 Å². The number of nitrogens with one attached hydrogen (secondary N) is 2. The van der Waals surface area contributed by atoms with E-state index in [0.717, 1.165) is 17.8 Å². The van der Waals surface area contributed by atoms with Gasteiger partial charge in [0.05, 0.1) is 6.26 Å². The monoisotopic (exact) mass is 292 g/mol. The van der Waals surface area contributed by atoms with Crippen molar-refractivity contribution in [1.82, 2.24) is 15.5 Å². The highest BCUT2D eigenvalue weighted by Gasteiger charge is 2.04. The molecule has 0 aliphatic rings. The Hall–Kier alpha value is -2.24. The average Bonchev–Trinajstić information content (AvgIpc) is 2.93. The molecule has 0 bridgehead atoms. The van der Waals surface area contributed by atoms with E-state index in [1.807, 2.05) is 19.1 Å². The summed E-state index contributed by atoms with van der Waals surface area (Å²) in [4.78, 5) is 17.4. The minimum atomic E-state index is -0.0440. The molecular formula is C15H24N4O2. The number of rotatable bonds is 7. The van der Waals surface area contributed by atoms with Gasteiger partial charge in [-0.05, 0) is 19.1 Å². The average molecular weight is 292 g/mol. The first-order chi connectivity index (χ1) is 9.99. The molecule has 116 valence electrons. The summed E-state index contributed by atoms with van der Waals surface area (Å²) in [5.74, 6) is 1.46. The fraction of sp³-hybridized carbons (Fsp3) is 0.467. The molecule has 0 aromatic carbocycles. The molecule has 0 atom stereocenters. The Balaban J connectivity index is 2.48. The fourth-order valence-electron chi connectivity index (χ4n) is 1.46. The second-order valence-corrected chi connectivity index (χ2v) is 5.02. The molecule has 6 nitrogen and oxygen atoms in total. The third-order valence-electron chi connectivity index (χ3n) is 2.67. The molecule has 0 unspecified atom stereocenters. The molecule has 0 saturated carbocycles. The zero-order valence-electron chi connectivity index (χ0n) is 13.0. The summed E-state index contributed by atoms with van der Waals surface area (Å²) >= 11 is 0. The second-order valence-electron chi connectivity index (χ2n) is 5.02. The minimum Gasteiger partial charge on any atom is -0.469 e. The fourth-order valence-corrected chi connectivity index (χ4v) is 1.46. The van der Waals surface area contributed by atoms with Crippen molar-refractivity contribution < 1.29 is 9.21 Å². The van der Waals surface area contributed by atoms with Crippen LogP contribution in [0.3, 0.4) is 0 Å². The van der Waals surface area contributed by atoms with Crippen molar-refractivity contribution in [2.24, 2.45) is 4.99 Å². The van der Waals surface area contributed by atoms with Crippen molar-refractivity contribution >= 4 is 11.9 Å². The van der Waals surface area contributed by atoms with Crippen LogP contribution >= 0.6 is 0 Å². The Kier molecular flexibility index (Phi) is 7.08. The van der Waals surface area contributed by atoms with Crippen LogP contribution in [0.15, 0.2) is 40.0 Å². The smallest absolute Gasteiger partial charge is 0.243 e. The summed E-state index contributed by atoms with van der Waals surface area (Å²) in [5, 5.41) is 6.31. The van der Waals surface area contributed by atoms with Gasteiger partial charge in [-0.25, -0.2) is 4.99 Å². The molecule has 6 heteroatoms. The number of aliphatic imine (C=N–C) groups is 1. The molecule has 0 spiro atoms. The maximum absolute atomic E-state index is 11.6. The number of nitrogens with zero attached hydrogens (tertiary/aromatic N) is 2. The molecule has 2 N–H and O–H groups in total. The van der Waals surface area contributed by atoms with Gasteiger partial charge in [0.15, 0.2) is 5.96 Å². The van der Waals surface area contributed by atoms with E-state index < -0.39 is 0 Å². The first kappa shape index (κ1) is 16.8. The predicted molar refractivity (Wildman–Crippen MR) is 84.2 cm³/mol. The van der Waals surface area contributed by atoms with Crippen molar-refractivity contribution in [3.63, 3.8) is 0 Å². The van der Waals surface area contributed by atoms with Gasteiger partial charge in [0.2, 0.25) is 5.91 Å². The van der Waals surface area contributed by atoms with Gasteiger partial charge >= 0.3 is 0 Å². The number of carbonyl (C=O) groups is 1. The van der Waals surface area contributed by atoms with Crippen molar-refractivity contribution in [3.05, 3.63) is 36.3 Å². The zero-order valence-corrected chi connectivity index (χ0v) is 13.0. The van der Waals surface area contributed by atoms with Gasteiger partial charge in [0.25, 0.3) is 0 Å². The number of amides is 1. The van der Waals surface area contributed by atoms with Crippen LogP contribution < -0.4 is 10.6 Å². The summed E-state index contributed by atoms with van der Waals surface area (Å²) in [7, 11) is 3.42. The van der Waals surface area contributed by atoms with Crippen molar-refractivity contribution in [2.75, 3.05) is 33.7 Å². The molecule has 0 aliphatic carbocycles. The van der Waals surface area contributed by atoms with Gasteiger partial charge in [0, 0.05) is 33.6 Å². The van der Waals surface area contributed by atoms with E-state index in [9.17, 15) is 4.79 Å². The Labute approximate surface area is 125 Å². The first-order valence-corrected chi connectivity index (χ1v) is 6.88. The number of hydrogen-bond donors (Lipinski definition) is 2. The molecule has 21 heavy (non-hydrogen) atoms. The molecule has 1 heterocycles.